The standard InChI is InChI=1S/C19H17ClO5/c1-12-2-4-14(5-3-12)16(21)11-25-18(22)10-13-8-15(20)19-17(9-13)23-6-7-24-19/h2-5,8-9H,6-7,10-11H2,1H3. The maximum atomic E-state index is 12.0. The first-order valence-corrected chi connectivity index (χ1v) is 8.24. The average molecular weight is 361 g/mol. The van der Waals surface area contributed by atoms with Gasteiger partial charge in [-0.25, -0.2) is 0 Å². The van der Waals surface area contributed by atoms with E-state index in [9.17, 15) is 9.59 Å². The van der Waals surface area contributed by atoms with E-state index < -0.39 is 5.97 Å². The summed E-state index contributed by atoms with van der Waals surface area (Å²) in [6, 6.07) is 10.4. The van der Waals surface area contributed by atoms with Crippen molar-refractivity contribution >= 4 is 23.4 Å². The SMILES string of the molecule is Cc1ccc(C(=O)COC(=O)Cc2cc(Cl)c3c(c2)OCCO3)cc1. The van der Waals surface area contributed by atoms with Crippen LogP contribution in [0, 0.1) is 6.92 Å². The highest BCUT2D eigenvalue weighted by Crippen LogP contribution is 2.38. The van der Waals surface area contributed by atoms with Gasteiger partial charge in [0.15, 0.2) is 23.9 Å². The molecule has 1 aliphatic rings. The Bertz CT molecular complexity index is 798. The molecule has 6 heteroatoms. The van der Waals surface area contributed by atoms with Crippen molar-refractivity contribution < 1.29 is 23.8 Å². The third kappa shape index (κ3) is 4.31. The van der Waals surface area contributed by atoms with E-state index in [0.717, 1.165) is 5.56 Å². The number of hydrogen-bond acceptors (Lipinski definition) is 5. The van der Waals surface area contributed by atoms with Crippen LogP contribution in [-0.2, 0) is 16.0 Å². The normalized spacial score (nSPS) is 12.6. The summed E-state index contributed by atoms with van der Waals surface area (Å²) in [6.07, 6.45) is -0.00244. The third-order valence-electron chi connectivity index (χ3n) is 3.74. The lowest BCUT2D eigenvalue weighted by Gasteiger charge is -2.20. The van der Waals surface area contributed by atoms with Crippen molar-refractivity contribution in [3.63, 3.8) is 0 Å². The molecule has 25 heavy (non-hydrogen) atoms. The Labute approximate surface area is 150 Å². The number of Topliss-reactive ketones (excluding diaryl/α,β-unsaturated/α-hetero) is 1. The van der Waals surface area contributed by atoms with Crippen LogP contribution >= 0.6 is 11.6 Å². The summed E-state index contributed by atoms with van der Waals surface area (Å²) in [7, 11) is 0. The highest BCUT2D eigenvalue weighted by Gasteiger charge is 2.18. The second-order valence-electron chi connectivity index (χ2n) is 5.73. The van der Waals surface area contributed by atoms with Crippen molar-refractivity contribution in [3.8, 4) is 11.5 Å². The van der Waals surface area contributed by atoms with Crippen molar-refractivity contribution in [2.45, 2.75) is 13.3 Å². The minimum absolute atomic E-state index is 0.00244. The van der Waals surface area contributed by atoms with E-state index in [4.69, 9.17) is 25.8 Å². The summed E-state index contributed by atoms with van der Waals surface area (Å²) < 4.78 is 16.0. The van der Waals surface area contributed by atoms with Crippen molar-refractivity contribution in [3.05, 3.63) is 58.1 Å². The van der Waals surface area contributed by atoms with E-state index >= 15 is 0 Å². The Hall–Kier alpha value is -2.53. The minimum Gasteiger partial charge on any atom is -0.486 e. The lowest BCUT2D eigenvalue weighted by atomic mass is 10.1. The van der Waals surface area contributed by atoms with Gasteiger partial charge in [-0.05, 0) is 24.6 Å². The van der Waals surface area contributed by atoms with E-state index in [2.05, 4.69) is 0 Å². The number of ether oxygens (including phenoxy) is 3. The highest BCUT2D eigenvalue weighted by atomic mass is 35.5. The molecule has 0 saturated heterocycles. The van der Waals surface area contributed by atoms with Crippen LogP contribution < -0.4 is 9.47 Å². The van der Waals surface area contributed by atoms with Gasteiger partial charge in [0.1, 0.15) is 13.2 Å². The Morgan fingerprint density at radius 2 is 1.84 bits per heavy atom. The average Bonchev–Trinajstić information content (AvgIpc) is 2.60. The first kappa shape index (κ1) is 17.3. The highest BCUT2D eigenvalue weighted by molar-refractivity contribution is 6.32. The number of halogens is 1. The maximum Gasteiger partial charge on any atom is 0.310 e. The lowest BCUT2D eigenvalue weighted by Crippen LogP contribution is -2.17. The van der Waals surface area contributed by atoms with Gasteiger partial charge in [0, 0.05) is 5.56 Å². The van der Waals surface area contributed by atoms with Crippen molar-refractivity contribution in [1.29, 1.82) is 0 Å². The van der Waals surface area contributed by atoms with Crippen molar-refractivity contribution in [2.24, 2.45) is 0 Å². The molecule has 1 heterocycles. The number of fused-ring (bicyclic) bond motifs is 1. The van der Waals surface area contributed by atoms with Crippen LogP contribution in [0.1, 0.15) is 21.5 Å². The molecule has 0 aliphatic carbocycles. The molecule has 5 nitrogen and oxygen atoms in total. The zero-order chi connectivity index (χ0) is 17.8. The summed E-state index contributed by atoms with van der Waals surface area (Å²) in [5, 5.41) is 0.385. The predicted molar refractivity (Wildman–Crippen MR) is 92.6 cm³/mol. The predicted octanol–water partition coefficient (Wildman–Crippen LogP) is 3.39. The van der Waals surface area contributed by atoms with Crippen molar-refractivity contribution in [1.82, 2.24) is 0 Å². The number of ketones is 1. The number of carbonyl (C=O) groups excluding carboxylic acids is 2. The zero-order valence-corrected chi connectivity index (χ0v) is 14.5. The largest absolute Gasteiger partial charge is 0.486 e. The molecule has 0 unspecified atom stereocenters. The van der Waals surface area contributed by atoms with Gasteiger partial charge in [-0.1, -0.05) is 41.4 Å². The van der Waals surface area contributed by atoms with Crippen LogP contribution in [0.4, 0.5) is 0 Å². The first-order chi connectivity index (χ1) is 12.0. The Morgan fingerprint density at radius 1 is 1.12 bits per heavy atom. The Kier molecular flexibility index (Phi) is 5.24. The third-order valence-corrected chi connectivity index (χ3v) is 4.02. The lowest BCUT2D eigenvalue weighted by molar-refractivity contribution is -0.141. The second kappa shape index (κ2) is 7.57. The van der Waals surface area contributed by atoms with Crippen LogP contribution in [-0.4, -0.2) is 31.6 Å². The number of hydrogen-bond donors (Lipinski definition) is 0. The summed E-state index contributed by atoms with van der Waals surface area (Å²) in [6.45, 7) is 2.52. The van der Waals surface area contributed by atoms with Gasteiger partial charge in [0.25, 0.3) is 0 Å². The molecule has 2 aromatic carbocycles. The Balaban J connectivity index is 1.58. The zero-order valence-electron chi connectivity index (χ0n) is 13.7. The topological polar surface area (TPSA) is 61.8 Å². The monoisotopic (exact) mass is 360 g/mol. The second-order valence-corrected chi connectivity index (χ2v) is 6.14. The van der Waals surface area contributed by atoms with Gasteiger partial charge in [-0.2, -0.15) is 0 Å². The quantitative estimate of drug-likeness (QED) is 0.604. The van der Waals surface area contributed by atoms with E-state index in [0.29, 0.717) is 40.9 Å². The number of esters is 1. The van der Waals surface area contributed by atoms with Crippen LogP contribution in [0.25, 0.3) is 0 Å². The molecule has 2 aromatic rings. The first-order valence-electron chi connectivity index (χ1n) is 7.86. The van der Waals surface area contributed by atoms with Gasteiger partial charge >= 0.3 is 5.97 Å². The molecule has 0 fully saturated rings. The van der Waals surface area contributed by atoms with Gasteiger partial charge < -0.3 is 14.2 Å². The molecule has 0 bridgehead atoms. The molecule has 0 radical (unpaired) electrons. The molecule has 0 aromatic heterocycles. The summed E-state index contributed by atoms with van der Waals surface area (Å²) >= 11 is 6.14. The molecular formula is C19H17ClO5. The van der Waals surface area contributed by atoms with E-state index in [-0.39, 0.29) is 18.8 Å². The number of aryl methyl sites for hydroxylation is 1. The molecule has 3 rings (SSSR count). The van der Waals surface area contributed by atoms with Crippen LogP contribution in [0.15, 0.2) is 36.4 Å². The van der Waals surface area contributed by atoms with Gasteiger partial charge in [-0.15, -0.1) is 0 Å². The van der Waals surface area contributed by atoms with E-state index in [1.54, 1.807) is 24.3 Å². The molecule has 0 saturated carbocycles. The fourth-order valence-corrected chi connectivity index (χ4v) is 2.74. The molecule has 0 N–H and O–H groups in total. The van der Waals surface area contributed by atoms with Gasteiger partial charge in [-0.3, -0.25) is 9.59 Å². The van der Waals surface area contributed by atoms with Gasteiger partial charge in [0.05, 0.1) is 11.4 Å². The van der Waals surface area contributed by atoms with E-state index in [1.807, 2.05) is 19.1 Å². The number of benzene rings is 2. The fraction of sp³-hybridized carbons (Fsp3) is 0.263. The van der Waals surface area contributed by atoms with E-state index in [1.165, 1.54) is 0 Å². The molecule has 0 spiro atoms. The molecule has 0 atom stereocenters. The van der Waals surface area contributed by atoms with Crippen LogP contribution in [0.3, 0.4) is 0 Å². The molecular weight excluding hydrogens is 344 g/mol. The van der Waals surface area contributed by atoms with Crippen LogP contribution in [0.5, 0.6) is 11.5 Å². The Morgan fingerprint density at radius 3 is 2.60 bits per heavy atom. The molecule has 1 aliphatic heterocycles. The maximum absolute atomic E-state index is 12.0. The smallest absolute Gasteiger partial charge is 0.310 e. The fourth-order valence-electron chi connectivity index (χ4n) is 2.45. The van der Waals surface area contributed by atoms with Gasteiger partial charge in [0.2, 0.25) is 0 Å². The van der Waals surface area contributed by atoms with Crippen LogP contribution in [0.2, 0.25) is 5.02 Å². The minimum atomic E-state index is -0.506. The molecule has 130 valence electrons. The summed E-state index contributed by atoms with van der Waals surface area (Å²) in [4.78, 5) is 24.0. The number of rotatable bonds is 5. The molecule has 0 amide bonds. The summed E-state index contributed by atoms with van der Waals surface area (Å²) in [5.41, 5.74) is 2.21. The summed E-state index contributed by atoms with van der Waals surface area (Å²) in [5.74, 6) is 0.249. The number of carbonyl (C=O) groups is 2. The van der Waals surface area contributed by atoms with Crippen molar-refractivity contribution in [2.75, 3.05) is 19.8 Å².